The van der Waals surface area contributed by atoms with Gasteiger partial charge in [-0.3, -0.25) is 4.90 Å². The molecule has 3 aliphatic rings. The minimum absolute atomic E-state index is 0. The van der Waals surface area contributed by atoms with Gasteiger partial charge in [0.1, 0.15) is 0 Å². The molecule has 3 saturated heterocycles. The third-order valence-electron chi connectivity index (χ3n) is 5.14. The molecule has 20 heavy (non-hydrogen) atoms. The summed E-state index contributed by atoms with van der Waals surface area (Å²) in [5.74, 6) is 1.75. The third-order valence-corrected chi connectivity index (χ3v) is 5.14. The molecule has 0 radical (unpaired) electrons. The Balaban J connectivity index is 0.00000147. The quantitative estimate of drug-likeness (QED) is 0.844. The van der Waals surface area contributed by atoms with Crippen molar-refractivity contribution in [2.45, 2.75) is 25.8 Å². The van der Waals surface area contributed by atoms with E-state index >= 15 is 0 Å². The van der Waals surface area contributed by atoms with Gasteiger partial charge in [0, 0.05) is 38.8 Å². The number of hydrogen-bond donors (Lipinski definition) is 1. The molecular formula is C15H30ClN3O. The SMILES string of the molecule is CC1CN(CC2CCNCC2)CC1N1CCOCC1.Cl. The second-order valence-electron chi connectivity index (χ2n) is 6.60. The molecule has 4 nitrogen and oxygen atoms in total. The number of morpholine rings is 1. The molecule has 0 aromatic carbocycles. The normalized spacial score (nSPS) is 34.0. The Morgan fingerprint density at radius 3 is 2.50 bits per heavy atom. The summed E-state index contributed by atoms with van der Waals surface area (Å²) in [5.41, 5.74) is 0. The molecule has 2 atom stereocenters. The van der Waals surface area contributed by atoms with E-state index in [2.05, 4.69) is 22.0 Å². The van der Waals surface area contributed by atoms with Crippen LogP contribution in [0.1, 0.15) is 19.8 Å². The lowest BCUT2D eigenvalue weighted by atomic mass is 9.98. The first-order valence-electron chi connectivity index (χ1n) is 8.08. The van der Waals surface area contributed by atoms with Crippen LogP contribution in [-0.4, -0.2) is 74.9 Å². The van der Waals surface area contributed by atoms with Crippen molar-refractivity contribution in [3.8, 4) is 0 Å². The molecule has 0 aliphatic carbocycles. The molecule has 3 heterocycles. The molecule has 3 fully saturated rings. The average Bonchev–Trinajstić information content (AvgIpc) is 2.82. The monoisotopic (exact) mass is 303 g/mol. The van der Waals surface area contributed by atoms with Crippen molar-refractivity contribution in [1.82, 2.24) is 15.1 Å². The summed E-state index contributed by atoms with van der Waals surface area (Å²) in [6.07, 6.45) is 2.74. The fourth-order valence-corrected chi connectivity index (χ4v) is 4.01. The first-order valence-corrected chi connectivity index (χ1v) is 8.08. The van der Waals surface area contributed by atoms with Gasteiger partial charge in [0.25, 0.3) is 0 Å². The van der Waals surface area contributed by atoms with Crippen LogP contribution in [0.2, 0.25) is 0 Å². The molecule has 0 aromatic heterocycles. The predicted octanol–water partition coefficient (Wildman–Crippen LogP) is 1.06. The van der Waals surface area contributed by atoms with Crippen LogP contribution in [0.15, 0.2) is 0 Å². The topological polar surface area (TPSA) is 27.7 Å². The highest BCUT2D eigenvalue weighted by atomic mass is 35.5. The largest absolute Gasteiger partial charge is 0.379 e. The number of ether oxygens (including phenoxy) is 1. The maximum absolute atomic E-state index is 5.48. The smallest absolute Gasteiger partial charge is 0.0594 e. The van der Waals surface area contributed by atoms with Gasteiger partial charge in [0.15, 0.2) is 0 Å². The van der Waals surface area contributed by atoms with Crippen molar-refractivity contribution in [3.63, 3.8) is 0 Å². The summed E-state index contributed by atoms with van der Waals surface area (Å²) in [4.78, 5) is 5.39. The Bertz CT molecular complexity index is 280. The van der Waals surface area contributed by atoms with Gasteiger partial charge in [0.2, 0.25) is 0 Å². The van der Waals surface area contributed by atoms with Gasteiger partial charge in [0.05, 0.1) is 13.2 Å². The number of likely N-dealkylation sites (tertiary alicyclic amines) is 1. The number of rotatable bonds is 3. The lowest BCUT2D eigenvalue weighted by Crippen LogP contribution is -2.47. The van der Waals surface area contributed by atoms with Crippen molar-refractivity contribution in [3.05, 3.63) is 0 Å². The van der Waals surface area contributed by atoms with Gasteiger partial charge in [-0.05, 0) is 37.8 Å². The Morgan fingerprint density at radius 2 is 1.80 bits per heavy atom. The van der Waals surface area contributed by atoms with Gasteiger partial charge in [-0.2, -0.15) is 0 Å². The zero-order valence-electron chi connectivity index (χ0n) is 12.7. The fraction of sp³-hybridized carbons (Fsp3) is 1.00. The minimum Gasteiger partial charge on any atom is -0.379 e. The zero-order chi connectivity index (χ0) is 13.1. The molecule has 2 unspecified atom stereocenters. The van der Waals surface area contributed by atoms with Gasteiger partial charge in [-0.25, -0.2) is 0 Å². The number of halogens is 1. The van der Waals surface area contributed by atoms with Crippen molar-refractivity contribution in [1.29, 1.82) is 0 Å². The summed E-state index contributed by atoms with van der Waals surface area (Å²) in [5, 5.41) is 3.47. The number of nitrogens with one attached hydrogen (secondary N) is 1. The van der Waals surface area contributed by atoms with E-state index in [0.717, 1.165) is 44.2 Å². The van der Waals surface area contributed by atoms with E-state index in [-0.39, 0.29) is 12.4 Å². The summed E-state index contributed by atoms with van der Waals surface area (Å²) >= 11 is 0. The third kappa shape index (κ3) is 4.08. The van der Waals surface area contributed by atoms with E-state index in [4.69, 9.17) is 4.74 Å². The summed E-state index contributed by atoms with van der Waals surface area (Å²) in [6.45, 7) is 12.9. The van der Waals surface area contributed by atoms with Gasteiger partial charge in [-0.1, -0.05) is 6.92 Å². The first-order chi connectivity index (χ1) is 9.33. The van der Waals surface area contributed by atoms with Crippen LogP contribution in [0.3, 0.4) is 0 Å². The predicted molar refractivity (Wildman–Crippen MR) is 84.6 cm³/mol. The van der Waals surface area contributed by atoms with Gasteiger partial charge < -0.3 is 15.0 Å². The van der Waals surface area contributed by atoms with Crippen molar-refractivity contribution in [2.75, 3.05) is 59.0 Å². The Kier molecular flexibility index (Phi) is 6.56. The van der Waals surface area contributed by atoms with E-state index in [9.17, 15) is 0 Å². The maximum Gasteiger partial charge on any atom is 0.0594 e. The van der Waals surface area contributed by atoms with E-state index in [1.807, 2.05) is 0 Å². The van der Waals surface area contributed by atoms with E-state index in [1.54, 1.807) is 0 Å². The van der Waals surface area contributed by atoms with Gasteiger partial charge in [-0.15, -0.1) is 12.4 Å². The van der Waals surface area contributed by atoms with E-state index in [1.165, 1.54) is 45.6 Å². The fourth-order valence-electron chi connectivity index (χ4n) is 4.01. The number of piperidine rings is 1. The molecule has 3 aliphatic heterocycles. The van der Waals surface area contributed by atoms with Crippen molar-refractivity contribution >= 4 is 12.4 Å². The number of hydrogen-bond acceptors (Lipinski definition) is 4. The summed E-state index contributed by atoms with van der Waals surface area (Å²) in [6, 6.07) is 0.769. The lowest BCUT2D eigenvalue weighted by molar-refractivity contribution is 0.0116. The highest BCUT2D eigenvalue weighted by molar-refractivity contribution is 5.85. The molecule has 0 aromatic rings. The van der Waals surface area contributed by atoms with Crippen LogP contribution >= 0.6 is 12.4 Å². The first kappa shape index (κ1) is 16.5. The Hall–Kier alpha value is 0.130. The maximum atomic E-state index is 5.48. The second-order valence-corrected chi connectivity index (χ2v) is 6.60. The van der Waals surface area contributed by atoms with Crippen molar-refractivity contribution in [2.24, 2.45) is 11.8 Å². The second kappa shape index (κ2) is 7.95. The number of nitrogens with zero attached hydrogens (tertiary/aromatic N) is 2. The molecule has 118 valence electrons. The Morgan fingerprint density at radius 1 is 1.10 bits per heavy atom. The molecule has 3 rings (SSSR count). The van der Waals surface area contributed by atoms with Crippen LogP contribution in [0.5, 0.6) is 0 Å². The van der Waals surface area contributed by atoms with Crippen LogP contribution < -0.4 is 5.32 Å². The van der Waals surface area contributed by atoms with Crippen molar-refractivity contribution < 1.29 is 4.74 Å². The molecule has 0 bridgehead atoms. The van der Waals surface area contributed by atoms with Gasteiger partial charge >= 0.3 is 0 Å². The van der Waals surface area contributed by atoms with Crippen LogP contribution in [0.25, 0.3) is 0 Å². The average molecular weight is 304 g/mol. The molecule has 0 spiro atoms. The lowest BCUT2D eigenvalue weighted by Gasteiger charge is -2.34. The summed E-state index contributed by atoms with van der Waals surface area (Å²) < 4.78 is 5.48. The zero-order valence-corrected chi connectivity index (χ0v) is 13.5. The standard InChI is InChI=1S/C15H29N3O.ClH/c1-13-10-17(11-14-2-4-16-5-3-14)12-15(13)18-6-8-19-9-7-18;/h13-16H,2-12H2,1H3;1H. The minimum atomic E-state index is 0. The van der Waals surface area contributed by atoms with Crippen LogP contribution in [-0.2, 0) is 4.74 Å². The van der Waals surface area contributed by atoms with Crippen LogP contribution in [0.4, 0.5) is 0 Å². The van der Waals surface area contributed by atoms with E-state index in [0.29, 0.717) is 0 Å². The molecule has 0 amide bonds. The highest BCUT2D eigenvalue weighted by Gasteiger charge is 2.35. The Labute approximate surface area is 129 Å². The highest BCUT2D eigenvalue weighted by Crippen LogP contribution is 2.25. The van der Waals surface area contributed by atoms with E-state index < -0.39 is 0 Å². The molecular weight excluding hydrogens is 274 g/mol. The molecule has 5 heteroatoms. The summed E-state index contributed by atoms with van der Waals surface area (Å²) in [7, 11) is 0. The molecule has 1 N–H and O–H groups in total. The molecule has 0 saturated carbocycles. The van der Waals surface area contributed by atoms with Crippen LogP contribution in [0, 0.1) is 11.8 Å².